The minimum Gasteiger partial charge on any atom is -0.462 e. The van der Waals surface area contributed by atoms with E-state index in [1.165, 1.54) is 25.7 Å². The van der Waals surface area contributed by atoms with Crippen LogP contribution < -0.4 is 0 Å². The number of phosphoric ester groups is 1. The highest BCUT2D eigenvalue weighted by molar-refractivity contribution is 7.47. The van der Waals surface area contributed by atoms with Crippen LogP contribution in [-0.4, -0.2) is 65.7 Å². The first-order valence-corrected chi connectivity index (χ1v) is 17.1. The number of aliphatic hydroxyl groups is 2. The molecule has 0 aromatic rings. The van der Waals surface area contributed by atoms with Crippen LogP contribution in [0.25, 0.3) is 0 Å². The molecule has 11 heteroatoms. The van der Waals surface area contributed by atoms with E-state index in [0.29, 0.717) is 12.8 Å². The number of esters is 2. The Labute approximate surface area is 247 Å². The molecule has 0 heterocycles. The first kappa shape index (κ1) is 39.7. The van der Waals surface area contributed by atoms with Gasteiger partial charge in [-0.05, 0) is 38.5 Å². The highest BCUT2D eigenvalue weighted by Crippen LogP contribution is 2.43. The van der Waals surface area contributed by atoms with Crippen molar-refractivity contribution in [2.45, 2.75) is 142 Å². The van der Waals surface area contributed by atoms with Crippen LogP contribution in [-0.2, 0) is 32.7 Å². The summed E-state index contributed by atoms with van der Waals surface area (Å²) < 4.78 is 32.2. The molecule has 0 aliphatic heterocycles. The maximum atomic E-state index is 12.4. The molecule has 3 N–H and O–H groups in total. The smallest absolute Gasteiger partial charge is 0.462 e. The van der Waals surface area contributed by atoms with Gasteiger partial charge < -0.3 is 24.6 Å². The standard InChI is InChI=1S/C30H57O10P/c1-3-5-7-9-11-12-13-14-15-16-18-20-22-30(34)40-28(26-39-41(35,36)38-24-27(32)23-31)25-37-29(33)21-19-17-10-8-6-4-2/h11-12,27-28,31-32H,3-10,13-26H2,1-2H3,(H,35,36)/b12-11-. The van der Waals surface area contributed by atoms with Crippen molar-refractivity contribution in [2.75, 3.05) is 26.4 Å². The summed E-state index contributed by atoms with van der Waals surface area (Å²) in [5.74, 6) is -0.947. The Morgan fingerprint density at radius 2 is 1.20 bits per heavy atom. The molecule has 0 aliphatic rings. The zero-order chi connectivity index (χ0) is 30.6. The van der Waals surface area contributed by atoms with Gasteiger partial charge in [0.1, 0.15) is 12.7 Å². The van der Waals surface area contributed by atoms with Crippen molar-refractivity contribution in [1.82, 2.24) is 0 Å². The first-order chi connectivity index (χ1) is 19.7. The molecular weight excluding hydrogens is 551 g/mol. The summed E-state index contributed by atoms with van der Waals surface area (Å²) in [6.45, 7) is 2.23. The number of carbonyl (C=O) groups excluding carboxylic acids is 2. The number of hydrogen-bond donors (Lipinski definition) is 3. The molecule has 0 radical (unpaired) electrons. The minimum atomic E-state index is -4.59. The van der Waals surface area contributed by atoms with Gasteiger partial charge in [-0.25, -0.2) is 4.57 Å². The second-order valence-electron chi connectivity index (χ2n) is 10.5. The molecule has 0 aliphatic carbocycles. The summed E-state index contributed by atoms with van der Waals surface area (Å²) in [5, 5.41) is 18.1. The Kier molecular flexibility index (Phi) is 26.7. The van der Waals surface area contributed by atoms with Crippen molar-refractivity contribution in [2.24, 2.45) is 0 Å². The van der Waals surface area contributed by atoms with Crippen LogP contribution in [0, 0.1) is 0 Å². The Morgan fingerprint density at radius 3 is 1.80 bits per heavy atom. The molecule has 0 amide bonds. The van der Waals surface area contributed by atoms with Crippen molar-refractivity contribution in [3.8, 4) is 0 Å². The number of allylic oxidation sites excluding steroid dienone is 2. The predicted molar refractivity (Wildman–Crippen MR) is 159 cm³/mol. The second kappa shape index (κ2) is 27.5. The lowest BCUT2D eigenvalue weighted by Gasteiger charge is -2.20. The van der Waals surface area contributed by atoms with E-state index in [4.69, 9.17) is 19.1 Å². The first-order valence-electron chi connectivity index (χ1n) is 15.6. The Bertz CT molecular complexity index is 715. The zero-order valence-corrected chi connectivity index (χ0v) is 26.4. The van der Waals surface area contributed by atoms with E-state index >= 15 is 0 Å². The van der Waals surface area contributed by atoms with Gasteiger partial charge in [-0.15, -0.1) is 0 Å². The van der Waals surface area contributed by atoms with Crippen molar-refractivity contribution in [3.63, 3.8) is 0 Å². The van der Waals surface area contributed by atoms with Crippen LogP contribution in [0.3, 0.4) is 0 Å². The largest absolute Gasteiger partial charge is 0.472 e. The number of carbonyl (C=O) groups is 2. The molecule has 0 aromatic carbocycles. The lowest BCUT2D eigenvalue weighted by atomic mass is 10.1. The summed E-state index contributed by atoms with van der Waals surface area (Å²) >= 11 is 0. The molecule has 0 saturated carbocycles. The van der Waals surface area contributed by atoms with Crippen LogP contribution in [0.2, 0.25) is 0 Å². The van der Waals surface area contributed by atoms with E-state index in [2.05, 4.69) is 30.5 Å². The predicted octanol–water partition coefficient (Wildman–Crippen LogP) is 6.55. The second-order valence-corrected chi connectivity index (χ2v) is 11.9. The minimum absolute atomic E-state index is 0.176. The zero-order valence-electron chi connectivity index (χ0n) is 25.5. The SMILES string of the molecule is CCCCC/C=C\CCCCCCCC(=O)OC(COC(=O)CCCCCCCC)COP(=O)(O)OCC(O)CO. The van der Waals surface area contributed by atoms with E-state index in [9.17, 15) is 24.2 Å². The Balaban J connectivity index is 4.46. The summed E-state index contributed by atoms with van der Waals surface area (Å²) in [6, 6.07) is 0. The summed E-state index contributed by atoms with van der Waals surface area (Å²) in [5.41, 5.74) is 0. The van der Waals surface area contributed by atoms with E-state index in [1.54, 1.807) is 0 Å². The fraction of sp³-hybridized carbons (Fsp3) is 0.867. The molecule has 0 spiro atoms. The number of unbranched alkanes of at least 4 members (excludes halogenated alkanes) is 13. The third-order valence-corrected chi connectivity index (χ3v) is 7.37. The van der Waals surface area contributed by atoms with Crippen LogP contribution in [0.15, 0.2) is 12.2 Å². The van der Waals surface area contributed by atoms with Gasteiger partial charge in [-0.1, -0.05) is 90.2 Å². The van der Waals surface area contributed by atoms with Gasteiger partial charge in [0.15, 0.2) is 6.10 Å². The number of hydrogen-bond acceptors (Lipinski definition) is 9. The van der Waals surface area contributed by atoms with E-state index < -0.39 is 51.8 Å². The number of phosphoric acid groups is 1. The molecule has 41 heavy (non-hydrogen) atoms. The third kappa shape index (κ3) is 27.3. The maximum absolute atomic E-state index is 12.4. The van der Waals surface area contributed by atoms with Gasteiger partial charge in [0.2, 0.25) is 0 Å². The van der Waals surface area contributed by atoms with Crippen LogP contribution in [0.4, 0.5) is 0 Å². The van der Waals surface area contributed by atoms with Crippen LogP contribution in [0.5, 0.6) is 0 Å². The molecule has 0 aromatic heterocycles. The molecule has 3 unspecified atom stereocenters. The number of rotatable bonds is 29. The van der Waals surface area contributed by atoms with Gasteiger partial charge >= 0.3 is 19.8 Å². The topological polar surface area (TPSA) is 149 Å². The number of aliphatic hydroxyl groups excluding tert-OH is 2. The summed E-state index contributed by atoms with van der Waals surface area (Å²) in [7, 11) is -4.59. The fourth-order valence-electron chi connectivity index (χ4n) is 3.93. The average Bonchev–Trinajstić information content (AvgIpc) is 2.95. The van der Waals surface area contributed by atoms with Gasteiger partial charge in [-0.3, -0.25) is 18.6 Å². The number of ether oxygens (including phenoxy) is 2. The Morgan fingerprint density at radius 1 is 0.707 bits per heavy atom. The third-order valence-electron chi connectivity index (χ3n) is 6.42. The quantitative estimate of drug-likeness (QED) is 0.0369. The molecule has 10 nitrogen and oxygen atoms in total. The lowest BCUT2D eigenvalue weighted by molar-refractivity contribution is -0.161. The molecule has 0 saturated heterocycles. The average molecular weight is 609 g/mol. The lowest BCUT2D eigenvalue weighted by Crippen LogP contribution is -2.29. The molecule has 0 bridgehead atoms. The van der Waals surface area contributed by atoms with E-state index in [1.807, 2.05) is 0 Å². The Hall–Kier alpha value is -1.29. The van der Waals surface area contributed by atoms with Gasteiger partial charge in [0, 0.05) is 12.8 Å². The summed E-state index contributed by atoms with van der Waals surface area (Å²) in [6.07, 6.45) is 19.4. The van der Waals surface area contributed by atoms with Gasteiger partial charge in [0.05, 0.1) is 19.8 Å². The maximum Gasteiger partial charge on any atom is 0.472 e. The molecule has 242 valence electrons. The molecule has 0 fully saturated rings. The van der Waals surface area contributed by atoms with Crippen molar-refractivity contribution in [3.05, 3.63) is 12.2 Å². The van der Waals surface area contributed by atoms with Crippen LogP contribution in [0.1, 0.15) is 129 Å². The van der Waals surface area contributed by atoms with Gasteiger partial charge in [0.25, 0.3) is 0 Å². The van der Waals surface area contributed by atoms with Crippen LogP contribution >= 0.6 is 7.82 Å². The van der Waals surface area contributed by atoms with Crippen molar-refractivity contribution in [1.29, 1.82) is 0 Å². The highest BCUT2D eigenvalue weighted by Gasteiger charge is 2.27. The monoisotopic (exact) mass is 608 g/mol. The van der Waals surface area contributed by atoms with Gasteiger partial charge in [-0.2, -0.15) is 0 Å². The molecular formula is C30H57O10P. The van der Waals surface area contributed by atoms with Crippen molar-refractivity contribution >= 4 is 19.8 Å². The normalized spacial score (nSPS) is 14.6. The summed E-state index contributed by atoms with van der Waals surface area (Å²) in [4.78, 5) is 34.4. The molecule has 0 rings (SSSR count). The fourth-order valence-corrected chi connectivity index (χ4v) is 4.72. The van der Waals surface area contributed by atoms with E-state index in [-0.39, 0.29) is 19.4 Å². The van der Waals surface area contributed by atoms with Crippen molar-refractivity contribution < 1.29 is 47.8 Å². The highest BCUT2D eigenvalue weighted by atomic mass is 31.2. The molecule has 3 atom stereocenters. The van der Waals surface area contributed by atoms with E-state index in [0.717, 1.165) is 64.2 Å².